The van der Waals surface area contributed by atoms with E-state index in [0.29, 0.717) is 5.92 Å². The van der Waals surface area contributed by atoms with Crippen molar-refractivity contribution in [2.45, 2.75) is 58.1 Å². The van der Waals surface area contributed by atoms with Gasteiger partial charge < -0.3 is 20.2 Å². The molecule has 2 heterocycles. The number of piperidine rings is 2. The minimum absolute atomic E-state index is 0.227. The second-order valence-corrected chi connectivity index (χ2v) is 7.33. The van der Waals surface area contributed by atoms with Gasteiger partial charge in [0, 0.05) is 19.1 Å². The van der Waals surface area contributed by atoms with E-state index in [2.05, 4.69) is 29.0 Å². The Labute approximate surface area is 130 Å². The predicted molar refractivity (Wildman–Crippen MR) is 88.6 cm³/mol. The zero-order valence-electron chi connectivity index (χ0n) is 14.1. The van der Waals surface area contributed by atoms with Crippen molar-refractivity contribution in [2.75, 3.05) is 45.8 Å². The van der Waals surface area contributed by atoms with Crippen molar-refractivity contribution in [1.29, 1.82) is 0 Å². The average Bonchev–Trinajstić information content (AvgIpc) is 2.48. The van der Waals surface area contributed by atoms with Crippen LogP contribution in [0.1, 0.15) is 46.0 Å². The molecule has 1 atom stereocenters. The highest BCUT2D eigenvalue weighted by molar-refractivity contribution is 4.82. The van der Waals surface area contributed by atoms with Gasteiger partial charge in [0.1, 0.15) is 0 Å². The van der Waals surface area contributed by atoms with Gasteiger partial charge >= 0.3 is 0 Å². The van der Waals surface area contributed by atoms with Crippen molar-refractivity contribution in [3.8, 4) is 0 Å². The van der Waals surface area contributed by atoms with Gasteiger partial charge in [-0.25, -0.2) is 0 Å². The second-order valence-electron chi connectivity index (χ2n) is 7.33. The number of nitrogens with one attached hydrogen (secondary N) is 1. The number of likely N-dealkylation sites (tertiary alicyclic amines) is 2. The number of nitrogens with zero attached hydrogens (tertiary/aromatic N) is 2. The Balaban J connectivity index is 1.59. The first-order valence-corrected chi connectivity index (χ1v) is 9.00. The average molecular weight is 297 g/mol. The zero-order valence-corrected chi connectivity index (χ0v) is 14.1. The van der Waals surface area contributed by atoms with Crippen molar-refractivity contribution >= 4 is 0 Å². The highest BCUT2D eigenvalue weighted by atomic mass is 16.3. The van der Waals surface area contributed by atoms with E-state index in [4.69, 9.17) is 0 Å². The molecular formula is C17H35N3O. The first-order valence-electron chi connectivity index (χ1n) is 9.00. The molecule has 0 aromatic rings. The summed E-state index contributed by atoms with van der Waals surface area (Å²) in [6.07, 6.45) is 6.54. The fourth-order valence-corrected chi connectivity index (χ4v) is 3.65. The lowest BCUT2D eigenvalue weighted by Crippen LogP contribution is -2.49. The van der Waals surface area contributed by atoms with Gasteiger partial charge in [-0.15, -0.1) is 0 Å². The summed E-state index contributed by atoms with van der Waals surface area (Å²) in [6.45, 7) is 11.9. The van der Waals surface area contributed by atoms with E-state index in [1.54, 1.807) is 0 Å². The molecule has 21 heavy (non-hydrogen) atoms. The molecule has 1 unspecified atom stereocenters. The summed E-state index contributed by atoms with van der Waals surface area (Å²) in [5.41, 5.74) is 0. The lowest BCUT2D eigenvalue weighted by Gasteiger charge is -2.40. The van der Waals surface area contributed by atoms with Crippen LogP contribution in [-0.2, 0) is 0 Å². The number of rotatable bonds is 7. The first kappa shape index (κ1) is 17.2. The molecule has 124 valence electrons. The largest absolute Gasteiger partial charge is 0.390 e. The fourth-order valence-electron chi connectivity index (χ4n) is 3.65. The Morgan fingerprint density at radius 2 is 1.67 bits per heavy atom. The smallest absolute Gasteiger partial charge is 0.0791 e. The van der Waals surface area contributed by atoms with E-state index in [1.807, 2.05) is 0 Å². The van der Waals surface area contributed by atoms with Crippen LogP contribution in [0.2, 0.25) is 0 Å². The van der Waals surface area contributed by atoms with E-state index in [0.717, 1.165) is 38.8 Å². The molecule has 0 spiro atoms. The molecule has 4 nitrogen and oxygen atoms in total. The Kier molecular flexibility index (Phi) is 7.44. The molecular weight excluding hydrogens is 262 g/mol. The third-order valence-corrected chi connectivity index (χ3v) is 4.87. The molecule has 0 aromatic carbocycles. The van der Waals surface area contributed by atoms with Gasteiger partial charge in [-0.2, -0.15) is 0 Å². The molecule has 0 saturated carbocycles. The van der Waals surface area contributed by atoms with Gasteiger partial charge in [0.2, 0.25) is 0 Å². The fraction of sp³-hybridized carbons (Fsp3) is 1.00. The molecule has 0 radical (unpaired) electrons. The number of aliphatic hydroxyl groups excluding tert-OH is 1. The zero-order chi connectivity index (χ0) is 15.1. The summed E-state index contributed by atoms with van der Waals surface area (Å²) in [6, 6.07) is 0.803. The molecule has 0 aromatic heterocycles. The van der Waals surface area contributed by atoms with Crippen LogP contribution in [0.5, 0.6) is 0 Å². The number of hydrogen-bond acceptors (Lipinski definition) is 4. The molecule has 2 rings (SSSR count). The molecule has 0 amide bonds. The minimum Gasteiger partial charge on any atom is -0.390 e. The lowest BCUT2D eigenvalue weighted by atomic mass is 9.99. The van der Waals surface area contributed by atoms with Crippen LogP contribution in [-0.4, -0.2) is 72.9 Å². The number of hydrogen-bond donors (Lipinski definition) is 2. The summed E-state index contributed by atoms with van der Waals surface area (Å²) in [5.74, 6) is 0.650. The van der Waals surface area contributed by atoms with E-state index in [-0.39, 0.29) is 6.10 Å². The van der Waals surface area contributed by atoms with Crippen LogP contribution >= 0.6 is 0 Å². The summed E-state index contributed by atoms with van der Waals surface area (Å²) >= 11 is 0. The van der Waals surface area contributed by atoms with Crippen molar-refractivity contribution in [2.24, 2.45) is 5.92 Å². The maximum Gasteiger partial charge on any atom is 0.0791 e. The quantitative estimate of drug-likeness (QED) is 0.748. The molecule has 0 bridgehead atoms. The Morgan fingerprint density at radius 1 is 1.00 bits per heavy atom. The molecule has 4 heteroatoms. The van der Waals surface area contributed by atoms with Gasteiger partial charge in [0.25, 0.3) is 0 Å². The van der Waals surface area contributed by atoms with Crippen molar-refractivity contribution in [1.82, 2.24) is 15.1 Å². The molecule has 2 fully saturated rings. The van der Waals surface area contributed by atoms with E-state index >= 15 is 0 Å². The minimum atomic E-state index is -0.227. The van der Waals surface area contributed by atoms with Crippen molar-refractivity contribution < 1.29 is 5.11 Å². The first-order chi connectivity index (χ1) is 10.1. The number of β-amino-alcohol motifs (C(OH)–C–C–N with tert-alkyl or cyclic N) is 1. The van der Waals surface area contributed by atoms with Crippen LogP contribution < -0.4 is 5.32 Å². The molecule has 2 saturated heterocycles. The molecule has 2 aliphatic heterocycles. The van der Waals surface area contributed by atoms with Crippen LogP contribution in [0, 0.1) is 5.92 Å². The maximum atomic E-state index is 10.1. The van der Waals surface area contributed by atoms with Gasteiger partial charge in [0.05, 0.1) is 6.10 Å². The normalized spacial score (nSPS) is 24.6. The second kappa shape index (κ2) is 9.09. The maximum absolute atomic E-state index is 10.1. The van der Waals surface area contributed by atoms with Crippen LogP contribution in [0.25, 0.3) is 0 Å². The standard InChI is InChI=1S/C17H35N3O/c1-15(2)12-18-13-17(21)14-19-10-6-16(7-11-19)20-8-4-3-5-9-20/h15-18,21H,3-14H2,1-2H3. The highest BCUT2D eigenvalue weighted by Crippen LogP contribution is 2.20. The van der Waals surface area contributed by atoms with Gasteiger partial charge in [0.15, 0.2) is 0 Å². The van der Waals surface area contributed by atoms with Gasteiger partial charge in [-0.3, -0.25) is 0 Å². The van der Waals surface area contributed by atoms with E-state index in [1.165, 1.54) is 45.2 Å². The predicted octanol–water partition coefficient (Wildman–Crippen LogP) is 1.54. The molecule has 2 N–H and O–H groups in total. The topological polar surface area (TPSA) is 38.7 Å². The van der Waals surface area contributed by atoms with Crippen LogP contribution in [0.3, 0.4) is 0 Å². The molecule has 0 aliphatic carbocycles. The summed E-state index contributed by atoms with van der Waals surface area (Å²) in [7, 11) is 0. The summed E-state index contributed by atoms with van der Waals surface area (Å²) in [4.78, 5) is 5.16. The molecule has 2 aliphatic rings. The number of aliphatic hydroxyl groups is 1. The third-order valence-electron chi connectivity index (χ3n) is 4.87. The highest BCUT2D eigenvalue weighted by Gasteiger charge is 2.26. The lowest BCUT2D eigenvalue weighted by molar-refractivity contribution is 0.0601. The van der Waals surface area contributed by atoms with E-state index < -0.39 is 0 Å². The van der Waals surface area contributed by atoms with E-state index in [9.17, 15) is 5.11 Å². The van der Waals surface area contributed by atoms with Crippen LogP contribution in [0.15, 0.2) is 0 Å². The Bertz CT molecular complexity index is 271. The Hall–Kier alpha value is -0.160. The third kappa shape index (κ3) is 6.23. The summed E-state index contributed by atoms with van der Waals surface area (Å²) < 4.78 is 0. The van der Waals surface area contributed by atoms with Crippen molar-refractivity contribution in [3.05, 3.63) is 0 Å². The Morgan fingerprint density at radius 3 is 2.29 bits per heavy atom. The SMILES string of the molecule is CC(C)CNCC(O)CN1CCC(N2CCCCC2)CC1. The van der Waals surface area contributed by atoms with Gasteiger partial charge in [-0.1, -0.05) is 20.3 Å². The van der Waals surface area contributed by atoms with Crippen molar-refractivity contribution in [3.63, 3.8) is 0 Å². The van der Waals surface area contributed by atoms with Crippen LogP contribution in [0.4, 0.5) is 0 Å². The van der Waals surface area contributed by atoms with Gasteiger partial charge in [-0.05, 0) is 64.3 Å². The summed E-state index contributed by atoms with van der Waals surface area (Å²) in [5, 5.41) is 13.5. The monoisotopic (exact) mass is 297 g/mol.